The third-order valence-electron chi connectivity index (χ3n) is 6.29. The minimum Gasteiger partial charge on any atom is -0.417 e. The number of rotatable bonds is 6. The van der Waals surface area contributed by atoms with Crippen LogP contribution in [0.3, 0.4) is 0 Å². The molecule has 1 saturated heterocycles. The number of para-hydroxylation sites is 1. The second-order valence-corrected chi connectivity index (χ2v) is 8.86. The fraction of sp³-hybridized carbons (Fsp3) is 0.522. The largest absolute Gasteiger partial charge is 0.470 e. The van der Waals surface area contributed by atoms with E-state index in [-0.39, 0.29) is 11.8 Å². The molecule has 1 aromatic carbocycles. The molecule has 0 bridgehead atoms. The Bertz CT molecular complexity index is 1050. The highest BCUT2D eigenvalue weighted by Crippen LogP contribution is 2.33. The van der Waals surface area contributed by atoms with Crippen molar-refractivity contribution in [2.24, 2.45) is 10.9 Å². The first-order valence-corrected chi connectivity index (χ1v) is 11.2. The summed E-state index contributed by atoms with van der Waals surface area (Å²) in [6, 6.07) is 7.83. The Labute approximate surface area is 196 Å². The van der Waals surface area contributed by atoms with E-state index in [9.17, 15) is 18.3 Å². The van der Waals surface area contributed by atoms with E-state index in [0.29, 0.717) is 12.2 Å². The normalized spacial score (nSPS) is 23.1. The summed E-state index contributed by atoms with van der Waals surface area (Å²) in [4.78, 5) is 10.7. The molecule has 2 aliphatic heterocycles. The lowest BCUT2D eigenvalue weighted by atomic mass is 9.92. The molecule has 0 radical (unpaired) electrons. The van der Waals surface area contributed by atoms with Crippen molar-refractivity contribution >= 4 is 11.9 Å². The maximum Gasteiger partial charge on any atom is 0.470 e. The zero-order chi connectivity index (χ0) is 24.5. The lowest BCUT2D eigenvalue weighted by Crippen LogP contribution is -2.56. The van der Waals surface area contributed by atoms with E-state index in [1.54, 1.807) is 6.21 Å². The first kappa shape index (κ1) is 24.4. The molecular weight excluding hydrogens is 449 g/mol. The van der Waals surface area contributed by atoms with Gasteiger partial charge in [0, 0.05) is 38.1 Å². The molecule has 0 aliphatic carbocycles. The van der Waals surface area contributed by atoms with Crippen molar-refractivity contribution in [3.05, 3.63) is 53.4 Å². The van der Waals surface area contributed by atoms with Gasteiger partial charge in [-0.15, -0.1) is 10.2 Å². The third-order valence-corrected chi connectivity index (χ3v) is 6.29. The third kappa shape index (κ3) is 5.31. The number of halogens is 3. The van der Waals surface area contributed by atoms with Crippen molar-refractivity contribution in [2.75, 3.05) is 44.7 Å². The second kappa shape index (κ2) is 9.85. The summed E-state index contributed by atoms with van der Waals surface area (Å²) in [7, 11) is 2.06. The monoisotopic (exact) mass is 478 g/mol. The molecule has 34 heavy (non-hydrogen) atoms. The van der Waals surface area contributed by atoms with Gasteiger partial charge in [0.15, 0.2) is 6.35 Å². The van der Waals surface area contributed by atoms with Crippen LogP contribution < -0.4 is 4.90 Å². The minimum absolute atomic E-state index is 0.118. The highest BCUT2D eigenvalue weighted by Gasteiger charge is 2.39. The van der Waals surface area contributed by atoms with E-state index < -0.39 is 24.3 Å². The van der Waals surface area contributed by atoms with Crippen LogP contribution in [0.25, 0.3) is 0 Å². The van der Waals surface area contributed by atoms with Crippen LogP contribution in [0.4, 0.5) is 18.9 Å². The zero-order valence-corrected chi connectivity index (χ0v) is 19.4. The van der Waals surface area contributed by atoms with E-state index in [0.717, 1.165) is 37.4 Å². The van der Waals surface area contributed by atoms with Crippen molar-refractivity contribution in [1.82, 2.24) is 20.0 Å². The van der Waals surface area contributed by atoms with Crippen molar-refractivity contribution in [3.63, 3.8) is 0 Å². The van der Waals surface area contributed by atoms with Crippen molar-refractivity contribution in [2.45, 2.75) is 32.3 Å². The number of hydrogen-bond donors (Lipinski definition) is 1. The zero-order valence-electron chi connectivity index (χ0n) is 19.4. The molecule has 4 rings (SSSR count). The molecule has 11 heteroatoms. The molecule has 184 valence electrons. The summed E-state index contributed by atoms with van der Waals surface area (Å²) >= 11 is 0. The number of alkyl halides is 3. The molecule has 8 nitrogen and oxygen atoms in total. The van der Waals surface area contributed by atoms with E-state index in [1.807, 2.05) is 54.0 Å². The van der Waals surface area contributed by atoms with Gasteiger partial charge in [0.25, 0.3) is 0 Å². The number of piperazine rings is 1. The number of aromatic nitrogens is 2. The number of likely N-dealkylation sites (N-methyl/N-ethyl adjacent to an activating group) is 1. The Balaban J connectivity index is 1.54. The molecular formula is C23H29F3N6O2. The van der Waals surface area contributed by atoms with Crippen LogP contribution in [0.15, 0.2) is 45.4 Å². The lowest BCUT2D eigenvalue weighted by Gasteiger charge is -2.41. The van der Waals surface area contributed by atoms with E-state index in [4.69, 9.17) is 4.42 Å². The van der Waals surface area contributed by atoms with Crippen LogP contribution in [-0.2, 0) is 6.18 Å². The van der Waals surface area contributed by atoms with Crippen LogP contribution >= 0.6 is 0 Å². The van der Waals surface area contributed by atoms with Gasteiger partial charge in [-0.1, -0.05) is 31.2 Å². The maximum atomic E-state index is 12.8. The topological polar surface area (TPSA) is 81.2 Å². The van der Waals surface area contributed by atoms with Crippen LogP contribution in [0.2, 0.25) is 0 Å². The Kier molecular flexibility index (Phi) is 7.06. The molecule has 3 heterocycles. The first-order chi connectivity index (χ1) is 16.1. The summed E-state index contributed by atoms with van der Waals surface area (Å²) in [5.41, 5.74) is 2.62. The van der Waals surface area contributed by atoms with Gasteiger partial charge in [-0.25, -0.2) is 0 Å². The Hall–Kier alpha value is -2.76. The number of allylic oxidation sites excluding steroid dienone is 1. The van der Waals surface area contributed by atoms with Gasteiger partial charge in [0.05, 0.1) is 18.2 Å². The number of anilines is 1. The van der Waals surface area contributed by atoms with Crippen LogP contribution in [0, 0.1) is 12.8 Å². The second-order valence-electron chi connectivity index (χ2n) is 8.86. The molecule has 2 aliphatic rings. The fourth-order valence-corrected chi connectivity index (χ4v) is 4.23. The number of benzene rings is 1. The number of aryl methyl sites for hydroxylation is 1. The van der Waals surface area contributed by atoms with Crippen LogP contribution in [0.5, 0.6) is 0 Å². The molecule has 0 spiro atoms. The SMILES string of the molecule is Cc1ccccc1N(CC1=CC(C)C(c2nnc(C(F)(F)F)o2)C=N1)C(O)N1CCN(C)CC1. The van der Waals surface area contributed by atoms with Crippen LogP contribution in [0.1, 0.15) is 30.2 Å². The molecule has 2 aromatic rings. The molecule has 3 atom stereocenters. The Morgan fingerprint density at radius 1 is 1.18 bits per heavy atom. The molecule has 1 aromatic heterocycles. The number of nitrogens with zero attached hydrogens (tertiary/aromatic N) is 6. The van der Waals surface area contributed by atoms with Gasteiger partial charge in [-0.2, -0.15) is 13.2 Å². The average molecular weight is 479 g/mol. The molecule has 3 unspecified atom stereocenters. The minimum atomic E-state index is -4.69. The molecule has 1 fully saturated rings. The smallest absolute Gasteiger partial charge is 0.417 e. The van der Waals surface area contributed by atoms with Crippen molar-refractivity contribution in [1.29, 1.82) is 0 Å². The summed E-state index contributed by atoms with van der Waals surface area (Å²) in [6.45, 7) is 7.39. The van der Waals surface area contributed by atoms with Gasteiger partial charge >= 0.3 is 12.1 Å². The maximum absolute atomic E-state index is 12.8. The summed E-state index contributed by atoms with van der Waals surface area (Å²) in [5, 5.41) is 18.0. The van der Waals surface area contributed by atoms with Crippen molar-refractivity contribution < 1.29 is 22.7 Å². The lowest BCUT2D eigenvalue weighted by molar-refractivity contribution is -0.157. The van der Waals surface area contributed by atoms with Gasteiger partial charge in [0.2, 0.25) is 5.89 Å². The average Bonchev–Trinajstić information content (AvgIpc) is 3.29. The molecule has 0 amide bonds. The van der Waals surface area contributed by atoms with Gasteiger partial charge in [-0.05, 0) is 31.5 Å². The Morgan fingerprint density at radius 3 is 2.50 bits per heavy atom. The Morgan fingerprint density at radius 2 is 1.88 bits per heavy atom. The molecule has 0 saturated carbocycles. The van der Waals surface area contributed by atoms with E-state index >= 15 is 0 Å². The predicted molar refractivity (Wildman–Crippen MR) is 121 cm³/mol. The predicted octanol–water partition coefficient (Wildman–Crippen LogP) is 3.11. The number of hydrogen-bond acceptors (Lipinski definition) is 8. The quantitative estimate of drug-likeness (QED) is 0.639. The number of aliphatic imine (C=N–C) groups is 1. The van der Waals surface area contributed by atoms with E-state index in [2.05, 4.69) is 27.1 Å². The summed E-state index contributed by atoms with van der Waals surface area (Å²) in [6.07, 6.45) is -2.10. The fourth-order valence-electron chi connectivity index (χ4n) is 4.23. The summed E-state index contributed by atoms with van der Waals surface area (Å²) < 4.78 is 43.4. The van der Waals surface area contributed by atoms with Gasteiger partial charge < -0.3 is 19.3 Å². The highest BCUT2D eigenvalue weighted by atomic mass is 19.4. The van der Waals surface area contributed by atoms with Gasteiger partial charge in [-0.3, -0.25) is 9.89 Å². The first-order valence-electron chi connectivity index (χ1n) is 11.2. The van der Waals surface area contributed by atoms with E-state index in [1.165, 1.54) is 0 Å². The van der Waals surface area contributed by atoms with Gasteiger partial charge in [0.1, 0.15) is 0 Å². The summed E-state index contributed by atoms with van der Waals surface area (Å²) in [5.74, 6) is -2.25. The highest BCUT2D eigenvalue weighted by molar-refractivity contribution is 5.70. The van der Waals surface area contributed by atoms with Crippen molar-refractivity contribution in [3.8, 4) is 0 Å². The van der Waals surface area contributed by atoms with Crippen LogP contribution in [-0.4, -0.2) is 77.4 Å². The number of aliphatic hydroxyl groups excluding tert-OH is 1. The molecule has 1 N–H and O–H groups in total. The standard InChI is InChI=1S/C23H29F3N6O2/c1-15-6-4-5-7-19(15)32(22(33)31-10-8-30(3)9-11-31)14-17-12-16(2)18(13-27-17)20-28-29-21(34-20)23(24,25)26/h4-7,12-13,16,18,22,33H,8-11,14H2,1-3H3. The number of aliphatic hydroxyl groups is 1.